The molecule has 1 unspecified atom stereocenters. The largest absolute Gasteiger partial charge is 0.497 e. The number of thioether (sulfide) groups is 1. The summed E-state index contributed by atoms with van der Waals surface area (Å²) in [5, 5.41) is 0. The zero-order valence-corrected chi connectivity index (χ0v) is 14.9. The molecule has 1 atom stereocenters. The Kier molecular flexibility index (Phi) is 6.40. The third kappa shape index (κ3) is 4.65. The van der Waals surface area contributed by atoms with Gasteiger partial charge in [0.15, 0.2) is 6.29 Å². The van der Waals surface area contributed by atoms with E-state index in [-0.39, 0.29) is 12.2 Å². The molecule has 1 amide bonds. The highest BCUT2D eigenvalue weighted by atomic mass is 32.2. The highest BCUT2D eigenvalue weighted by Crippen LogP contribution is 2.26. The summed E-state index contributed by atoms with van der Waals surface area (Å²) in [6, 6.07) is 7.95. The Bertz CT molecular complexity index is 530. The van der Waals surface area contributed by atoms with E-state index >= 15 is 0 Å². The maximum atomic E-state index is 12.5. The molecule has 2 fully saturated rings. The van der Waals surface area contributed by atoms with E-state index in [1.165, 1.54) is 0 Å². The van der Waals surface area contributed by atoms with Crippen molar-refractivity contribution in [2.75, 3.05) is 39.2 Å². The van der Waals surface area contributed by atoms with Crippen LogP contribution in [-0.2, 0) is 14.3 Å². The number of ether oxygens (including phenoxy) is 3. The summed E-state index contributed by atoms with van der Waals surface area (Å²) in [6.07, 6.45) is 2.56. The van der Waals surface area contributed by atoms with Crippen LogP contribution in [0.15, 0.2) is 29.2 Å². The standard InChI is InChI=1S/C18H25NO4S/c1-21-15-4-6-16(7-5-15)24-12-8-17(20)19-9-2-3-14(13-19)18-22-10-11-23-18/h4-7,14,18H,2-3,8-13H2,1H3. The predicted molar refractivity (Wildman–Crippen MR) is 93.3 cm³/mol. The van der Waals surface area contributed by atoms with Crippen molar-refractivity contribution in [3.8, 4) is 5.75 Å². The van der Waals surface area contributed by atoms with Gasteiger partial charge in [0, 0.05) is 36.1 Å². The molecule has 2 saturated heterocycles. The van der Waals surface area contributed by atoms with Crippen molar-refractivity contribution in [3.05, 3.63) is 24.3 Å². The van der Waals surface area contributed by atoms with Gasteiger partial charge in [-0.15, -0.1) is 11.8 Å². The molecule has 0 bridgehead atoms. The van der Waals surface area contributed by atoms with Gasteiger partial charge in [0.25, 0.3) is 0 Å². The summed E-state index contributed by atoms with van der Waals surface area (Å²) >= 11 is 1.71. The summed E-state index contributed by atoms with van der Waals surface area (Å²) in [4.78, 5) is 15.6. The van der Waals surface area contributed by atoms with Gasteiger partial charge in [0.1, 0.15) is 5.75 Å². The zero-order valence-electron chi connectivity index (χ0n) is 14.1. The van der Waals surface area contributed by atoms with Gasteiger partial charge in [-0.25, -0.2) is 0 Å². The SMILES string of the molecule is COc1ccc(SCCC(=O)N2CCCC(C3OCCO3)C2)cc1. The lowest BCUT2D eigenvalue weighted by Gasteiger charge is -2.34. The molecule has 2 aliphatic heterocycles. The summed E-state index contributed by atoms with van der Waals surface area (Å²) in [7, 11) is 1.66. The summed E-state index contributed by atoms with van der Waals surface area (Å²) in [5.74, 6) is 2.20. The van der Waals surface area contributed by atoms with Crippen LogP contribution in [0.5, 0.6) is 5.75 Å². The number of likely N-dealkylation sites (tertiary alicyclic amines) is 1. The Labute approximate surface area is 147 Å². The molecule has 24 heavy (non-hydrogen) atoms. The van der Waals surface area contributed by atoms with Crippen molar-refractivity contribution < 1.29 is 19.0 Å². The van der Waals surface area contributed by atoms with Crippen LogP contribution in [0, 0.1) is 5.92 Å². The quantitative estimate of drug-likeness (QED) is 0.738. The molecule has 0 saturated carbocycles. The minimum absolute atomic E-state index is 0.116. The Hall–Kier alpha value is -1.24. The predicted octanol–water partition coefficient (Wildman–Crippen LogP) is 2.79. The highest BCUT2D eigenvalue weighted by Gasteiger charge is 2.32. The lowest BCUT2D eigenvalue weighted by atomic mass is 9.97. The average Bonchev–Trinajstić information content (AvgIpc) is 3.17. The number of benzene rings is 1. The number of nitrogens with zero attached hydrogens (tertiary/aromatic N) is 1. The third-order valence-corrected chi connectivity index (χ3v) is 5.50. The van der Waals surface area contributed by atoms with E-state index in [1.54, 1.807) is 18.9 Å². The Morgan fingerprint density at radius 1 is 1.29 bits per heavy atom. The van der Waals surface area contributed by atoms with Crippen molar-refractivity contribution in [3.63, 3.8) is 0 Å². The maximum absolute atomic E-state index is 12.5. The first-order valence-electron chi connectivity index (χ1n) is 8.54. The number of amides is 1. The van der Waals surface area contributed by atoms with Crippen molar-refractivity contribution in [1.29, 1.82) is 0 Å². The number of carbonyl (C=O) groups is 1. The molecule has 1 aromatic rings. The van der Waals surface area contributed by atoms with Crippen LogP contribution in [0.4, 0.5) is 0 Å². The van der Waals surface area contributed by atoms with Gasteiger partial charge in [-0.3, -0.25) is 4.79 Å². The Balaban J connectivity index is 1.42. The first-order valence-corrected chi connectivity index (χ1v) is 9.52. The Morgan fingerprint density at radius 2 is 2.04 bits per heavy atom. The van der Waals surface area contributed by atoms with Gasteiger partial charge in [0.2, 0.25) is 5.91 Å². The average molecular weight is 351 g/mol. The second-order valence-corrected chi connectivity index (χ2v) is 7.29. The van der Waals surface area contributed by atoms with E-state index in [2.05, 4.69) is 0 Å². The monoisotopic (exact) mass is 351 g/mol. The van der Waals surface area contributed by atoms with Crippen LogP contribution in [0.2, 0.25) is 0 Å². The van der Waals surface area contributed by atoms with E-state index in [1.807, 2.05) is 29.2 Å². The van der Waals surface area contributed by atoms with Gasteiger partial charge in [-0.05, 0) is 37.1 Å². The van der Waals surface area contributed by atoms with Gasteiger partial charge in [0.05, 0.1) is 20.3 Å². The first-order chi connectivity index (χ1) is 11.8. The molecular weight excluding hydrogens is 326 g/mol. The molecule has 132 valence electrons. The number of methoxy groups -OCH3 is 1. The summed E-state index contributed by atoms with van der Waals surface area (Å²) in [6.45, 7) is 2.97. The number of rotatable bonds is 6. The van der Waals surface area contributed by atoms with Crippen LogP contribution in [0.3, 0.4) is 0 Å². The lowest BCUT2D eigenvalue weighted by Crippen LogP contribution is -2.43. The van der Waals surface area contributed by atoms with Gasteiger partial charge >= 0.3 is 0 Å². The molecule has 0 radical (unpaired) electrons. The number of hydrogen-bond acceptors (Lipinski definition) is 5. The Morgan fingerprint density at radius 3 is 2.75 bits per heavy atom. The molecule has 0 aromatic heterocycles. The molecule has 2 heterocycles. The van der Waals surface area contributed by atoms with Crippen molar-refractivity contribution >= 4 is 17.7 Å². The zero-order chi connectivity index (χ0) is 16.8. The molecule has 0 N–H and O–H groups in total. The number of piperidine rings is 1. The molecular formula is C18H25NO4S. The molecule has 0 spiro atoms. The first kappa shape index (κ1) is 17.6. The van der Waals surface area contributed by atoms with E-state index in [0.717, 1.165) is 42.3 Å². The van der Waals surface area contributed by atoms with Gasteiger partial charge in [-0.2, -0.15) is 0 Å². The second kappa shape index (κ2) is 8.74. The van der Waals surface area contributed by atoms with Crippen LogP contribution in [0.25, 0.3) is 0 Å². The van der Waals surface area contributed by atoms with E-state index in [4.69, 9.17) is 14.2 Å². The van der Waals surface area contributed by atoms with Crippen LogP contribution in [0.1, 0.15) is 19.3 Å². The van der Waals surface area contributed by atoms with Crippen LogP contribution >= 0.6 is 11.8 Å². The molecule has 5 nitrogen and oxygen atoms in total. The molecule has 1 aromatic carbocycles. The van der Waals surface area contributed by atoms with Gasteiger partial charge in [-0.1, -0.05) is 0 Å². The van der Waals surface area contributed by atoms with Crippen molar-refractivity contribution in [2.45, 2.75) is 30.4 Å². The fourth-order valence-corrected chi connectivity index (χ4v) is 4.03. The second-order valence-electron chi connectivity index (χ2n) is 6.13. The van der Waals surface area contributed by atoms with Crippen LogP contribution in [-0.4, -0.2) is 56.3 Å². The minimum atomic E-state index is -0.116. The fraction of sp³-hybridized carbons (Fsp3) is 0.611. The van der Waals surface area contributed by atoms with Crippen molar-refractivity contribution in [2.24, 2.45) is 5.92 Å². The van der Waals surface area contributed by atoms with E-state index in [9.17, 15) is 4.79 Å². The molecule has 0 aliphatic carbocycles. The lowest BCUT2D eigenvalue weighted by molar-refractivity contribution is -0.138. The topological polar surface area (TPSA) is 48.0 Å². The normalized spacial score (nSPS) is 21.9. The van der Waals surface area contributed by atoms with E-state index in [0.29, 0.717) is 25.6 Å². The highest BCUT2D eigenvalue weighted by molar-refractivity contribution is 7.99. The molecule has 2 aliphatic rings. The smallest absolute Gasteiger partial charge is 0.223 e. The van der Waals surface area contributed by atoms with Gasteiger partial charge < -0.3 is 19.1 Å². The fourth-order valence-electron chi connectivity index (χ4n) is 3.19. The maximum Gasteiger partial charge on any atom is 0.223 e. The molecule has 3 rings (SSSR count). The number of carbonyl (C=O) groups excluding carboxylic acids is 1. The van der Waals surface area contributed by atoms with Crippen LogP contribution < -0.4 is 4.74 Å². The summed E-state index contributed by atoms with van der Waals surface area (Å²) in [5.41, 5.74) is 0. The molecule has 6 heteroatoms. The van der Waals surface area contributed by atoms with E-state index < -0.39 is 0 Å². The summed E-state index contributed by atoms with van der Waals surface area (Å²) < 4.78 is 16.4. The minimum Gasteiger partial charge on any atom is -0.497 e. The third-order valence-electron chi connectivity index (χ3n) is 4.49. The van der Waals surface area contributed by atoms with Crippen molar-refractivity contribution in [1.82, 2.24) is 4.90 Å². The number of hydrogen-bond donors (Lipinski definition) is 0.